The predicted octanol–water partition coefficient (Wildman–Crippen LogP) is 3.63. The second-order valence-corrected chi connectivity index (χ2v) is 7.24. The second-order valence-electron chi connectivity index (χ2n) is 7.24. The Kier molecular flexibility index (Phi) is 6.80. The van der Waals surface area contributed by atoms with Gasteiger partial charge in [-0.15, -0.1) is 0 Å². The summed E-state index contributed by atoms with van der Waals surface area (Å²) in [5, 5.41) is 3.01. The zero-order valence-electron chi connectivity index (χ0n) is 16.8. The molecule has 0 aliphatic carbocycles. The Bertz CT molecular complexity index is 885. The predicted molar refractivity (Wildman–Crippen MR) is 115 cm³/mol. The Morgan fingerprint density at radius 2 is 1.21 bits per heavy atom. The van der Waals surface area contributed by atoms with Crippen LogP contribution < -0.4 is 5.32 Å². The van der Waals surface area contributed by atoms with E-state index in [9.17, 15) is 9.59 Å². The van der Waals surface area contributed by atoms with Crippen LogP contribution in [0, 0.1) is 0 Å². The molecule has 0 bridgehead atoms. The van der Waals surface area contributed by atoms with Gasteiger partial charge in [-0.25, -0.2) is 0 Å². The molecule has 0 aliphatic heterocycles. The Balaban J connectivity index is 1.89. The lowest BCUT2D eigenvalue weighted by Gasteiger charge is -2.25. The molecule has 3 rings (SSSR count). The van der Waals surface area contributed by atoms with E-state index in [2.05, 4.69) is 5.32 Å². The molecule has 1 unspecified atom stereocenters. The van der Waals surface area contributed by atoms with E-state index in [4.69, 9.17) is 0 Å². The average molecular weight is 386 g/mol. The van der Waals surface area contributed by atoms with E-state index in [1.54, 1.807) is 14.1 Å². The number of rotatable bonds is 7. The number of hydrogen-bond donors (Lipinski definition) is 1. The first kappa shape index (κ1) is 20.3. The first-order valence-corrected chi connectivity index (χ1v) is 9.71. The summed E-state index contributed by atoms with van der Waals surface area (Å²) >= 11 is 0. The molecule has 4 nitrogen and oxygen atoms in total. The van der Waals surface area contributed by atoms with Gasteiger partial charge in [0, 0.05) is 20.5 Å². The van der Waals surface area contributed by atoms with Crippen molar-refractivity contribution in [2.75, 3.05) is 14.1 Å². The summed E-state index contributed by atoms with van der Waals surface area (Å²) in [5.74, 6) is -0.786. The molecule has 3 aromatic carbocycles. The molecule has 3 aromatic rings. The van der Waals surface area contributed by atoms with Crippen molar-refractivity contribution in [1.29, 1.82) is 0 Å². The summed E-state index contributed by atoms with van der Waals surface area (Å²) in [6, 6.07) is 28.4. The van der Waals surface area contributed by atoms with Crippen LogP contribution in [0.15, 0.2) is 91.0 Å². The fourth-order valence-electron chi connectivity index (χ4n) is 3.40. The third-order valence-corrected chi connectivity index (χ3v) is 4.87. The van der Waals surface area contributed by atoms with Crippen LogP contribution in [0.1, 0.15) is 22.6 Å². The third-order valence-electron chi connectivity index (χ3n) is 4.87. The van der Waals surface area contributed by atoms with Crippen molar-refractivity contribution in [2.45, 2.75) is 18.4 Å². The minimum absolute atomic E-state index is 0.123. The van der Waals surface area contributed by atoms with Crippen LogP contribution in [0.25, 0.3) is 0 Å². The Morgan fingerprint density at radius 1 is 0.759 bits per heavy atom. The van der Waals surface area contributed by atoms with Crippen LogP contribution in [0.3, 0.4) is 0 Å². The molecule has 0 saturated carbocycles. The quantitative estimate of drug-likeness (QED) is 0.674. The van der Waals surface area contributed by atoms with Crippen molar-refractivity contribution in [2.24, 2.45) is 0 Å². The highest BCUT2D eigenvalue weighted by atomic mass is 16.2. The number of carbonyl (C=O) groups is 2. The van der Waals surface area contributed by atoms with Gasteiger partial charge in [0.05, 0.1) is 5.92 Å². The molecule has 0 radical (unpaired) electrons. The number of nitrogens with zero attached hydrogens (tertiary/aromatic N) is 1. The highest BCUT2D eigenvalue weighted by Crippen LogP contribution is 2.25. The minimum Gasteiger partial charge on any atom is -0.347 e. The highest BCUT2D eigenvalue weighted by Gasteiger charge is 2.28. The van der Waals surface area contributed by atoms with E-state index in [0.717, 1.165) is 16.7 Å². The summed E-state index contributed by atoms with van der Waals surface area (Å²) in [6.45, 7) is 0. The first-order chi connectivity index (χ1) is 14.1. The lowest BCUT2D eigenvalue weighted by molar-refractivity contribution is -0.134. The van der Waals surface area contributed by atoms with Gasteiger partial charge in [-0.1, -0.05) is 91.0 Å². The topological polar surface area (TPSA) is 49.4 Å². The van der Waals surface area contributed by atoms with Gasteiger partial charge in [0.2, 0.25) is 11.8 Å². The molecule has 0 spiro atoms. The maximum absolute atomic E-state index is 13.4. The molecule has 0 aliphatic rings. The zero-order chi connectivity index (χ0) is 20.6. The van der Waals surface area contributed by atoms with Gasteiger partial charge in [0.1, 0.15) is 6.04 Å². The molecule has 0 saturated heterocycles. The van der Waals surface area contributed by atoms with E-state index in [1.807, 2.05) is 91.0 Å². The average Bonchev–Trinajstić information content (AvgIpc) is 2.75. The van der Waals surface area contributed by atoms with Crippen molar-refractivity contribution in [3.63, 3.8) is 0 Å². The van der Waals surface area contributed by atoms with Gasteiger partial charge < -0.3 is 10.2 Å². The minimum atomic E-state index is -0.630. The molecule has 29 heavy (non-hydrogen) atoms. The molecular weight excluding hydrogens is 360 g/mol. The van der Waals surface area contributed by atoms with Gasteiger partial charge in [0.25, 0.3) is 0 Å². The van der Waals surface area contributed by atoms with Crippen LogP contribution in [0.5, 0.6) is 0 Å². The van der Waals surface area contributed by atoms with Gasteiger partial charge in [-0.2, -0.15) is 0 Å². The highest BCUT2D eigenvalue weighted by molar-refractivity contribution is 5.92. The number of benzene rings is 3. The number of hydrogen-bond acceptors (Lipinski definition) is 2. The Morgan fingerprint density at radius 3 is 1.66 bits per heavy atom. The fourth-order valence-corrected chi connectivity index (χ4v) is 3.40. The van der Waals surface area contributed by atoms with E-state index in [-0.39, 0.29) is 11.8 Å². The van der Waals surface area contributed by atoms with Gasteiger partial charge in [0.15, 0.2) is 0 Å². The van der Waals surface area contributed by atoms with E-state index in [1.165, 1.54) is 4.90 Å². The normalized spacial score (nSPS) is 11.7. The number of nitrogens with one attached hydrogen (secondary N) is 1. The first-order valence-electron chi connectivity index (χ1n) is 9.71. The molecule has 0 heterocycles. The summed E-state index contributed by atoms with van der Waals surface area (Å²) in [7, 11) is 3.41. The maximum Gasteiger partial charge on any atom is 0.244 e. The molecular formula is C25H26N2O2. The van der Waals surface area contributed by atoms with Crippen molar-refractivity contribution < 1.29 is 9.59 Å². The number of likely N-dealkylation sites (N-methyl/N-ethyl adjacent to an activating group) is 1. The monoisotopic (exact) mass is 386 g/mol. The summed E-state index contributed by atoms with van der Waals surface area (Å²) in [5.41, 5.74) is 2.79. The lowest BCUT2D eigenvalue weighted by atomic mass is 9.90. The standard InChI is InChI=1S/C25H26N2O2/c1-27(2)25(29)22(18-19-12-6-3-7-13-19)26-24(28)23(20-14-8-4-9-15-20)21-16-10-5-11-17-21/h3-17,22-23H,18H2,1-2H3,(H,26,28). The van der Waals surface area contributed by atoms with E-state index >= 15 is 0 Å². The van der Waals surface area contributed by atoms with Crippen LogP contribution >= 0.6 is 0 Å². The van der Waals surface area contributed by atoms with Crippen LogP contribution in [-0.2, 0) is 16.0 Å². The Labute approximate surface area is 172 Å². The SMILES string of the molecule is CN(C)C(=O)C(Cc1ccccc1)NC(=O)C(c1ccccc1)c1ccccc1. The molecule has 1 atom stereocenters. The molecule has 4 heteroatoms. The largest absolute Gasteiger partial charge is 0.347 e. The molecule has 1 N–H and O–H groups in total. The Hall–Kier alpha value is -3.40. The van der Waals surface area contributed by atoms with Crippen molar-refractivity contribution in [1.82, 2.24) is 10.2 Å². The summed E-state index contributed by atoms with van der Waals surface area (Å²) in [6.07, 6.45) is 0.444. The van der Waals surface area contributed by atoms with E-state index in [0.29, 0.717) is 6.42 Å². The molecule has 148 valence electrons. The molecule has 0 fully saturated rings. The molecule has 2 amide bonds. The van der Waals surface area contributed by atoms with Crippen molar-refractivity contribution in [3.05, 3.63) is 108 Å². The fraction of sp³-hybridized carbons (Fsp3) is 0.200. The zero-order valence-corrected chi connectivity index (χ0v) is 16.8. The van der Waals surface area contributed by atoms with Crippen molar-refractivity contribution >= 4 is 11.8 Å². The van der Waals surface area contributed by atoms with Gasteiger partial charge in [-0.3, -0.25) is 9.59 Å². The summed E-state index contributed by atoms with van der Waals surface area (Å²) < 4.78 is 0. The van der Waals surface area contributed by atoms with Crippen molar-refractivity contribution in [3.8, 4) is 0 Å². The third kappa shape index (κ3) is 5.32. The maximum atomic E-state index is 13.4. The van der Waals surface area contributed by atoms with Crippen LogP contribution in [-0.4, -0.2) is 36.9 Å². The smallest absolute Gasteiger partial charge is 0.244 e. The van der Waals surface area contributed by atoms with Gasteiger partial charge in [-0.05, 0) is 16.7 Å². The lowest BCUT2D eigenvalue weighted by Crippen LogP contribution is -2.49. The van der Waals surface area contributed by atoms with Crippen LogP contribution in [0.4, 0.5) is 0 Å². The van der Waals surface area contributed by atoms with E-state index < -0.39 is 12.0 Å². The number of amides is 2. The van der Waals surface area contributed by atoms with Gasteiger partial charge >= 0.3 is 0 Å². The number of carbonyl (C=O) groups excluding carboxylic acids is 2. The molecule has 0 aromatic heterocycles. The van der Waals surface area contributed by atoms with Crippen LogP contribution in [0.2, 0.25) is 0 Å². The second kappa shape index (κ2) is 9.69. The summed E-state index contributed by atoms with van der Waals surface area (Å²) in [4.78, 5) is 27.7.